The molecule has 0 radical (unpaired) electrons. The van der Waals surface area contributed by atoms with Gasteiger partial charge in [0.15, 0.2) is 13.2 Å². The predicted molar refractivity (Wildman–Crippen MR) is 91.1 cm³/mol. The largest absolute Gasteiger partial charge is 0.497 e. The van der Waals surface area contributed by atoms with E-state index in [9.17, 15) is 9.59 Å². The summed E-state index contributed by atoms with van der Waals surface area (Å²) in [4.78, 5) is 23.4. The predicted octanol–water partition coefficient (Wildman–Crippen LogP) is 2.26. The molecule has 2 rings (SSSR count). The highest BCUT2D eigenvalue weighted by Gasteiger charge is 2.09. The van der Waals surface area contributed by atoms with Crippen molar-refractivity contribution in [2.45, 2.75) is 0 Å². The lowest BCUT2D eigenvalue weighted by Crippen LogP contribution is -2.23. The van der Waals surface area contributed by atoms with E-state index in [4.69, 9.17) is 18.9 Å². The van der Waals surface area contributed by atoms with Crippen LogP contribution in [0.4, 0.5) is 5.69 Å². The number of amides is 1. The summed E-state index contributed by atoms with van der Waals surface area (Å²) >= 11 is 0. The van der Waals surface area contributed by atoms with Crippen molar-refractivity contribution in [3.63, 3.8) is 0 Å². The summed E-state index contributed by atoms with van der Waals surface area (Å²) in [6, 6.07) is 13.6. The molecule has 0 spiro atoms. The van der Waals surface area contributed by atoms with Gasteiger partial charge in [0.25, 0.3) is 5.91 Å². The minimum absolute atomic E-state index is 0.290. The lowest BCUT2D eigenvalue weighted by Gasteiger charge is -2.08. The Hall–Kier alpha value is -3.22. The molecule has 7 heteroatoms. The van der Waals surface area contributed by atoms with Crippen LogP contribution in [-0.4, -0.2) is 39.3 Å². The molecule has 25 heavy (non-hydrogen) atoms. The van der Waals surface area contributed by atoms with E-state index in [0.717, 1.165) is 0 Å². The Morgan fingerprint density at radius 1 is 0.800 bits per heavy atom. The van der Waals surface area contributed by atoms with Gasteiger partial charge in [-0.3, -0.25) is 4.79 Å². The van der Waals surface area contributed by atoms with Crippen LogP contribution in [0.2, 0.25) is 0 Å². The fourth-order valence-corrected chi connectivity index (χ4v) is 1.87. The molecule has 0 aliphatic carbocycles. The van der Waals surface area contributed by atoms with Gasteiger partial charge in [-0.15, -0.1) is 0 Å². The molecule has 2 aromatic rings. The number of ether oxygens (including phenoxy) is 4. The molecule has 7 nitrogen and oxygen atoms in total. The molecule has 0 heterocycles. The second-order valence-electron chi connectivity index (χ2n) is 4.90. The van der Waals surface area contributed by atoms with E-state index in [1.807, 2.05) is 0 Å². The Morgan fingerprint density at radius 3 is 1.88 bits per heavy atom. The molecule has 1 amide bonds. The molecular formula is C18H19NO6. The Labute approximate surface area is 145 Å². The summed E-state index contributed by atoms with van der Waals surface area (Å²) in [6.07, 6.45) is 0. The van der Waals surface area contributed by atoms with Crippen LogP contribution in [0.1, 0.15) is 0 Å². The van der Waals surface area contributed by atoms with E-state index in [0.29, 0.717) is 22.9 Å². The first-order chi connectivity index (χ1) is 12.1. The number of anilines is 1. The maximum Gasteiger partial charge on any atom is 0.344 e. The zero-order valence-corrected chi connectivity index (χ0v) is 14.0. The fraction of sp³-hybridized carbons (Fsp3) is 0.222. The van der Waals surface area contributed by atoms with Gasteiger partial charge in [0.2, 0.25) is 0 Å². The minimum Gasteiger partial charge on any atom is -0.497 e. The maximum absolute atomic E-state index is 11.7. The van der Waals surface area contributed by atoms with Gasteiger partial charge in [0, 0.05) is 5.69 Å². The molecule has 0 saturated carbocycles. The van der Waals surface area contributed by atoms with Gasteiger partial charge < -0.3 is 24.3 Å². The normalized spacial score (nSPS) is 9.84. The number of benzene rings is 2. The summed E-state index contributed by atoms with van der Waals surface area (Å²) in [7, 11) is 3.12. The van der Waals surface area contributed by atoms with E-state index in [2.05, 4.69) is 5.32 Å². The summed E-state index contributed by atoms with van der Waals surface area (Å²) in [6.45, 7) is -0.682. The minimum atomic E-state index is -0.638. The first-order valence-electron chi connectivity index (χ1n) is 7.47. The standard InChI is InChI=1S/C18H19NO6/c1-22-14-5-3-13(4-6-14)19-17(20)11-25-18(21)12-24-16-9-7-15(23-2)8-10-16/h3-10H,11-12H2,1-2H3,(H,19,20). The van der Waals surface area contributed by atoms with Crippen LogP contribution < -0.4 is 19.5 Å². The summed E-state index contributed by atoms with van der Waals surface area (Å²) in [5.41, 5.74) is 0.580. The highest BCUT2D eigenvalue weighted by atomic mass is 16.6. The summed E-state index contributed by atoms with van der Waals surface area (Å²) < 4.78 is 20.2. The van der Waals surface area contributed by atoms with E-state index in [-0.39, 0.29) is 6.61 Å². The lowest BCUT2D eigenvalue weighted by molar-refractivity contribution is -0.149. The molecule has 2 aromatic carbocycles. The first-order valence-corrected chi connectivity index (χ1v) is 7.47. The number of carbonyl (C=O) groups excluding carboxylic acids is 2. The molecule has 0 aliphatic heterocycles. The van der Waals surface area contributed by atoms with Gasteiger partial charge in [0.05, 0.1) is 14.2 Å². The Kier molecular flexibility index (Phi) is 6.65. The van der Waals surface area contributed by atoms with E-state index in [1.165, 1.54) is 0 Å². The van der Waals surface area contributed by atoms with Crippen LogP contribution in [0, 0.1) is 0 Å². The van der Waals surface area contributed by atoms with Crippen molar-refractivity contribution >= 4 is 17.6 Å². The Morgan fingerprint density at radius 2 is 1.32 bits per heavy atom. The molecule has 0 saturated heterocycles. The molecule has 0 unspecified atom stereocenters. The summed E-state index contributed by atoms with van der Waals surface area (Å²) in [5, 5.41) is 2.61. The zero-order valence-electron chi connectivity index (χ0n) is 14.0. The SMILES string of the molecule is COc1ccc(NC(=O)COC(=O)COc2ccc(OC)cc2)cc1. The van der Waals surface area contributed by atoms with E-state index < -0.39 is 18.5 Å². The fourth-order valence-electron chi connectivity index (χ4n) is 1.87. The van der Waals surface area contributed by atoms with Gasteiger partial charge >= 0.3 is 5.97 Å². The Balaban J connectivity index is 1.70. The maximum atomic E-state index is 11.7. The second kappa shape index (κ2) is 9.17. The number of methoxy groups -OCH3 is 2. The number of hydrogen-bond donors (Lipinski definition) is 1. The highest BCUT2D eigenvalue weighted by Crippen LogP contribution is 2.17. The van der Waals surface area contributed by atoms with Crippen molar-refractivity contribution in [3.8, 4) is 17.2 Å². The molecule has 0 atom stereocenters. The van der Waals surface area contributed by atoms with Crippen molar-refractivity contribution < 1.29 is 28.5 Å². The molecular weight excluding hydrogens is 326 g/mol. The molecule has 0 aromatic heterocycles. The molecule has 0 fully saturated rings. The monoisotopic (exact) mass is 345 g/mol. The number of nitrogens with one attached hydrogen (secondary N) is 1. The zero-order chi connectivity index (χ0) is 18.1. The highest BCUT2D eigenvalue weighted by molar-refractivity contribution is 5.92. The van der Waals surface area contributed by atoms with Crippen LogP contribution in [-0.2, 0) is 14.3 Å². The van der Waals surface area contributed by atoms with Crippen molar-refractivity contribution in [2.75, 3.05) is 32.8 Å². The van der Waals surface area contributed by atoms with E-state index >= 15 is 0 Å². The van der Waals surface area contributed by atoms with Gasteiger partial charge in [-0.05, 0) is 48.5 Å². The number of hydrogen-bond acceptors (Lipinski definition) is 6. The quantitative estimate of drug-likeness (QED) is 0.739. The van der Waals surface area contributed by atoms with Gasteiger partial charge in [-0.2, -0.15) is 0 Å². The molecule has 0 aliphatic rings. The molecule has 1 N–H and O–H groups in total. The average Bonchev–Trinajstić information content (AvgIpc) is 2.65. The Bertz CT molecular complexity index is 697. The van der Waals surface area contributed by atoms with Crippen molar-refractivity contribution in [1.82, 2.24) is 0 Å². The molecule has 0 bridgehead atoms. The van der Waals surface area contributed by atoms with Gasteiger partial charge in [-0.1, -0.05) is 0 Å². The topological polar surface area (TPSA) is 83.1 Å². The first kappa shape index (κ1) is 18.1. The number of rotatable bonds is 8. The molecule has 132 valence electrons. The van der Waals surface area contributed by atoms with Crippen molar-refractivity contribution in [1.29, 1.82) is 0 Å². The lowest BCUT2D eigenvalue weighted by atomic mass is 10.3. The average molecular weight is 345 g/mol. The van der Waals surface area contributed by atoms with Crippen LogP contribution in [0.25, 0.3) is 0 Å². The third-order valence-corrected chi connectivity index (χ3v) is 3.15. The van der Waals surface area contributed by atoms with Crippen LogP contribution in [0.3, 0.4) is 0 Å². The van der Waals surface area contributed by atoms with E-state index in [1.54, 1.807) is 62.8 Å². The van der Waals surface area contributed by atoms with Crippen LogP contribution in [0.5, 0.6) is 17.2 Å². The van der Waals surface area contributed by atoms with Crippen LogP contribution in [0.15, 0.2) is 48.5 Å². The summed E-state index contributed by atoms with van der Waals surface area (Å²) in [5.74, 6) is 0.786. The number of carbonyl (C=O) groups is 2. The number of esters is 1. The van der Waals surface area contributed by atoms with Crippen molar-refractivity contribution in [2.24, 2.45) is 0 Å². The third-order valence-electron chi connectivity index (χ3n) is 3.15. The second-order valence-corrected chi connectivity index (χ2v) is 4.90. The smallest absolute Gasteiger partial charge is 0.344 e. The van der Waals surface area contributed by atoms with Gasteiger partial charge in [0.1, 0.15) is 17.2 Å². The third kappa shape index (κ3) is 6.06. The van der Waals surface area contributed by atoms with Gasteiger partial charge in [-0.25, -0.2) is 4.79 Å². The van der Waals surface area contributed by atoms with Crippen molar-refractivity contribution in [3.05, 3.63) is 48.5 Å². The van der Waals surface area contributed by atoms with Crippen LogP contribution >= 0.6 is 0 Å².